The molecule has 2 unspecified atom stereocenters. The second kappa shape index (κ2) is 6.93. The first-order valence-electron chi connectivity index (χ1n) is 8.77. The molecule has 0 radical (unpaired) electrons. The maximum absolute atomic E-state index is 12.3. The molecule has 2 atom stereocenters. The Bertz CT molecular complexity index is 732. The van der Waals surface area contributed by atoms with Crippen LogP contribution in [0.1, 0.15) is 35.7 Å². The molecular formula is C18H23N5O2. The SMILES string of the molecule is CN1CCNCC1c1noc(C2CC(=O)N(Cc3ccccc3)C2)n1. The van der Waals surface area contributed by atoms with Crippen LogP contribution in [0.4, 0.5) is 0 Å². The van der Waals surface area contributed by atoms with Crippen molar-refractivity contribution in [3.05, 3.63) is 47.6 Å². The second-order valence-electron chi connectivity index (χ2n) is 6.85. The van der Waals surface area contributed by atoms with Gasteiger partial charge in [0.15, 0.2) is 5.82 Å². The summed E-state index contributed by atoms with van der Waals surface area (Å²) in [6, 6.07) is 10.2. The maximum atomic E-state index is 12.3. The molecule has 25 heavy (non-hydrogen) atoms. The summed E-state index contributed by atoms with van der Waals surface area (Å²) in [5, 5.41) is 7.53. The lowest BCUT2D eigenvalue weighted by Crippen LogP contribution is -2.44. The van der Waals surface area contributed by atoms with E-state index in [1.807, 2.05) is 35.2 Å². The van der Waals surface area contributed by atoms with Gasteiger partial charge >= 0.3 is 0 Å². The van der Waals surface area contributed by atoms with Gasteiger partial charge in [-0.25, -0.2) is 0 Å². The van der Waals surface area contributed by atoms with Crippen molar-refractivity contribution in [1.29, 1.82) is 0 Å². The number of piperazine rings is 1. The van der Waals surface area contributed by atoms with E-state index in [1.165, 1.54) is 0 Å². The van der Waals surface area contributed by atoms with Crippen LogP contribution in [0.2, 0.25) is 0 Å². The molecule has 7 heteroatoms. The van der Waals surface area contributed by atoms with Gasteiger partial charge < -0.3 is 14.7 Å². The van der Waals surface area contributed by atoms with Crippen molar-refractivity contribution in [2.45, 2.75) is 24.9 Å². The van der Waals surface area contributed by atoms with Crippen molar-refractivity contribution in [1.82, 2.24) is 25.3 Å². The van der Waals surface area contributed by atoms with E-state index in [0.29, 0.717) is 31.2 Å². The number of nitrogens with one attached hydrogen (secondary N) is 1. The van der Waals surface area contributed by atoms with Crippen LogP contribution in [0, 0.1) is 0 Å². The molecule has 4 rings (SSSR count). The van der Waals surface area contributed by atoms with Gasteiger partial charge in [-0.05, 0) is 12.6 Å². The molecule has 2 aliphatic rings. The summed E-state index contributed by atoms with van der Waals surface area (Å²) >= 11 is 0. The Morgan fingerprint density at radius 1 is 1.32 bits per heavy atom. The van der Waals surface area contributed by atoms with Crippen LogP contribution < -0.4 is 5.32 Å². The zero-order chi connectivity index (χ0) is 17.2. The molecule has 0 bridgehead atoms. The fourth-order valence-electron chi connectivity index (χ4n) is 3.54. The van der Waals surface area contributed by atoms with Crippen molar-refractivity contribution < 1.29 is 9.32 Å². The summed E-state index contributed by atoms with van der Waals surface area (Å²) in [5.74, 6) is 1.42. The largest absolute Gasteiger partial charge is 0.339 e. The highest BCUT2D eigenvalue weighted by Gasteiger charge is 2.35. The molecular weight excluding hydrogens is 318 g/mol. The lowest BCUT2D eigenvalue weighted by Gasteiger charge is -2.30. The molecule has 2 fully saturated rings. The first kappa shape index (κ1) is 16.2. The summed E-state index contributed by atoms with van der Waals surface area (Å²) in [6.45, 7) is 4.02. The van der Waals surface area contributed by atoms with Gasteiger partial charge in [-0.1, -0.05) is 35.5 Å². The number of aromatic nitrogens is 2. The number of likely N-dealkylation sites (N-methyl/N-ethyl adjacent to an activating group) is 1. The Morgan fingerprint density at radius 2 is 2.16 bits per heavy atom. The molecule has 0 aliphatic carbocycles. The highest BCUT2D eigenvalue weighted by Crippen LogP contribution is 2.29. The highest BCUT2D eigenvalue weighted by atomic mass is 16.5. The summed E-state index contributed by atoms with van der Waals surface area (Å²) in [7, 11) is 2.07. The average molecular weight is 341 g/mol. The molecule has 1 aromatic carbocycles. The molecule has 132 valence electrons. The average Bonchev–Trinajstić information content (AvgIpc) is 3.24. The summed E-state index contributed by atoms with van der Waals surface area (Å²) < 4.78 is 5.50. The summed E-state index contributed by atoms with van der Waals surface area (Å²) in [4.78, 5) is 21.0. The molecule has 0 saturated carbocycles. The Kier molecular flexibility index (Phi) is 4.50. The standard InChI is InChI=1S/C18H23N5O2/c1-22-8-7-19-10-15(22)17-20-18(25-21-17)14-9-16(24)23(12-14)11-13-5-3-2-4-6-13/h2-6,14-15,19H,7-12H2,1H3. The van der Waals surface area contributed by atoms with Crippen LogP contribution in [0.15, 0.2) is 34.9 Å². The Morgan fingerprint density at radius 3 is 2.96 bits per heavy atom. The molecule has 2 aromatic rings. The van der Waals surface area contributed by atoms with Crippen molar-refractivity contribution in [2.24, 2.45) is 0 Å². The molecule has 2 aliphatic heterocycles. The van der Waals surface area contributed by atoms with Crippen LogP contribution in [-0.4, -0.2) is 59.1 Å². The van der Waals surface area contributed by atoms with E-state index >= 15 is 0 Å². The van der Waals surface area contributed by atoms with Crippen molar-refractivity contribution in [3.8, 4) is 0 Å². The maximum Gasteiger partial charge on any atom is 0.232 e. The van der Waals surface area contributed by atoms with Crippen molar-refractivity contribution in [3.63, 3.8) is 0 Å². The lowest BCUT2D eigenvalue weighted by atomic mass is 10.1. The van der Waals surface area contributed by atoms with E-state index < -0.39 is 0 Å². The van der Waals surface area contributed by atoms with Crippen molar-refractivity contribution in [2.75, 3.05) is 33.2 Å². The number of amides is 1. The van der Waals surface area contributed by atoms with Gasteiger partial charge in [0.1, 0.15) is 0 Å². The summed E-state index contributed by atoms with van der Waals surface area (Å²) in [5.41, 5.74) is 1.14. The monoisotopic (exact) mass is 341 g/mol. The summed E-state index contributed by atoms with van der Waals surface area (Å²) in [6.07, 6.45) is 0.438. The van der Waals surface area contributed by atoms with E-state index in [0.717, 1.165) is 25.2 Å². The minimum Gasteiger partial charge on any atom is -0.339 e. The van der Waals surface area contributed by atoms with Gasteiger partial charge in [0.05, 0.1) is 12.0 Å². The smallest absolute Gasteiger partial charge is 0.232 e. The fourth-order valence-corrected chi connectivity index (χ4v) is 3.54. The topological polar surface area (TPSA) is 74.5 Å². The number of carbonyl (C=O) groups is 1. The number of hydrogen-bond donors (Lipinski definition) is 1. The second-order valence-corrected chi connectivity index (χ2v) is 6.85. The lowest BCUT2D eigenvalue weighted by molar-refractivity contribution is -0.128. The first-order valence-corrected chi connectivity index (χ1v) is 8.77. The predicted octanol–water partition coefficient (Wildman–Crippen LogP) is 1.16. The van der Waals surface area contributed by atoms with E-state index in [4.69, 9.17) is 4.52 Å². The van der Waals surface area contributed by atoms with Crippen LogP contribution in [0.3, 0.4) is 0 Å². The number of hydrogen-bond acceptors (Lipinski definition) is 6. The third kappa shape index (κ3) is 3.43. The molecule has 0 spiro atoms. The molecule has 2 saturated heterocycles. The van der Waals surface area contributed by atoms with Gasteiger partial charge in [0.25, 0.3) is 0 Å². The van der Waals surface area contributed by atoms with E-state index in [-0.39, 0.29) is 17.9 Å². The Labute approximate surface area is 147 Å². The van der Waals surface area contributed by atoms with E-state index in [9.17, 15) is 4.79 Å². The molecule has 7 nitrogen and oxygen atoms in total. The van der Waals surface area contributed by atoms with Crippen LogP contribution in [0.5, 0.6) is 0 Å². The number of rotatable bonds is 4. The van der Waals surface area contributed by atoms with Crippen LogP contribution in [-0.2, 0) is 11.3 Å². The van der Waals surface area contributed by atoms with Crippen LogP contribution >= 0.6 is 0 Å². The third-order valence-corrected chi connectivity index (χ3v) is 5.05. The highest BCUT2D eigenvalue weighted by molar-refractivity contribution is 5.79. The normalized spacial score (nSPS) is 24.8. The Hall–Kier alpha value is -2.25. The Balaban J connectivity index is 1.44. The minimum absolute atomic E-state index is 0.0145. The third-order valence-electron chi connectivity index (χ3n) is 5.05. The van der Waals surface area contributed by atoms with Gasteiger partial charge in [0.2, 0.25) is 11.8 Å². The van der Waals surface area contributed by atoms with Crippen LogP contribution in [0.25, 0.3) is 0 Å². The first-order chi connectivity index (χ1) is 12.2. The fraction of sp³-hybridized carbons (Fsp3) is 0.500. The minimum atomic E-state index is -0.0145. The number of likely N-dealkylation sites (tertiary alicyclic amines) is 1. The number of benzene rings is 1. The van der Waals surface area contributed by atoms with Gasteiger partial charge in [-0.15, -0.1) is 0 Å². The van der Waals surface area contributed by atoms with E-state index in [1.54, 1.807) is 0 Å². The number of nitrogens with zero attached hydrogens (tertiary/aromatic N) is 4. The van der Waals surface area contributed by atoms with Gasteiger partial charge in [0, 0.05) is 39.1 Å². The number of carbonyl (C=O) groups excluding carboxylic acids is 1. The molecule has 1 amide bonds. The van der Waals surface area contributed by atoms with Gasteiger partial charge in [-0.3, -0.25) is 9.69 Å². The van der Waals surface area contributed by atoms with Crippen molar-refractivity contribution >= 4 is 5.91 Å². The zero-order valence-electron chi connectivity index (χ0n) is 14.4. The van der Waals surface area contributed by atoms with E-state index in [2.05, 4.69) is 27.4 Å². The molecule has 1 N–H and O–H groups in total. The molecule has 1 aromatic heterocycles. The quantitative estimate of drug-likeness (QED) is 0.900. The zero-order valence-corrected chi connectivity index (χ0v) is 14.4. The predicted molar refractivity (Wildman–Crippen MR) is 91.8 cm³/mol. The molecule has 3 heterocycles. The van der Waals surface area contributed by atoms with Gasteiger partial charge in [-0.2, -0.15) is 4.98 Å².